The standard InChI is InChI=1S/C19H25N5O/c1-13-11-15(6-7-19(25)20-3)12-16(22-13)17-5-4-10-24(17)18-8-9-21-14(2)23-18/h8-9,11-12,17H,4-7,10H2,1-3H3,(H,20,25)/t17-/m0/s1. The molecule has 1 amide bonds. The van der Waals surface area contributed by atoms with Gasteiger partial charge >= 0.3 is 0 Å². The van der Waals surface area contributed by atoms with Crippen LogP contribution in [-0.2, 0) is 11.2 Å². The SMILES string of the molecule is CNC(=O)CCc1cc(C)nc([C@@H]2CCCN2c2ccnc(C)n2)c1. The number of aryl methyl sites for hydroxylation is 3. The van der Waals surface area contributed by atoms with E-state index in [1.165, 1.54) is 0 Å². The first-order valence-electron chi connectivity index (χ1n) is 8.81. The normalized spacial score (nSPS) is 16.9. The highest BCUT2D eigenvalue weighted by molar-refractivity contribution is 5.75. The van der Waals surface area contributed by atoms with Crippen LogP contribution in [0, 0.1) is 13.8 Å². The molecule has 2 aromatic rings. The summed E-state index contributed by atoms with van der Waals surface area (Å²) in [6, 6.07) is 6.41. The topological polar surface area (TPSA) is 71.0 Å². The minimum Gasteiger partial charge on any atom is -0.359 e. The number of rotatable bonds is 5. The number of nitrogens with one attached hydrogen (secondary N) is 1. The molecule has 0 radical (unpaired) electrons. The summed E-state index contributed by atoms with van der Waals surface area (Å²) in [5.74, 6) is 1.81. The third kappa shape index (κ3) is 4.13. The van der Waals surface area contributed by atoms with Crippen molar-refractivity contribution < 1.29 is 4.79 Å². The van der Waals surface area contributed by atoms with Gasteiger partial charge in [0.05, 0.1) is 11.7 Å². The fraction of sp³-hybridized carbons (Fsp3) is 0.474. The number of pyridine rings is 1. The van der Waals surface area contributed by atoms with Crippen molar-refractivity contribution in [3.63, 3.8) is 0 Å². The van der Waals surface area contributed by atoms with Crippen molar-refractivity contribution in [2.24, 2.45) is 0 Å². The molecule has 1 aliphatic rings. The largest absolute Gasteiger partial charge is 0.359 e. The van der Waals surface area contributed by atoms with E-state index >= 15 is 0 Å². The first-order chi connectivity index (χ1) is 12.1. The average molecular weight is 339 g/mol. The Hall–Kier alpha value is -2.50. The quantitative estimate of drug-likeness (QED) is 0.906. The summed E-state index contributed by atoms with van der Waals surface area (Å²) >= 11 is 0. The summed E-state index contributed by atoms with van der Waals surface area (Å²) in [7, 11) is 1.67. The molecule has 1 aliphatic heterocycles. The van der Waals surface area contributed by atoms with Crippen LogP contribution in [0.25, 0.3) is 0 Å². The van der Waals surface area contributed by atoms with E-state index in [4.69, 9.17) is 4.98 Å². The first kappa shape index (κ1) is 17.3. The number of hydrogen-bond acceptors (Lipinski definition) is 5. The molecule has 1 N–H and O–H groups in total. The molecule has 3 heterocycles. The molecule has 3 rings (SSSR count). The molecule has 6 nitrogen and oxygen atoms in total. The highest BCUT2D eigenvalue weighted by Crippen LogP contribution is 2.34. The number of amides is 1. The van der Waals surface area contributed by atoms with Gasteiger partial charge in [0.25, 0.3) is 0 Å². The summed E-state index contributed by atoms with van der Waals surface area (Å²) < 4.78 is 0. The average Bonchev–Trinajstić information content (AvgIpc) is 3.09. The molecule has 0 aromatic carbocycles. The second kappa shape index (κ2) is 7.59. The number of carbonyl (C=O) groups is 1. The van der Waals surface area contributed by atoms with Gasteiger partial charge in [0, 0.05) is 31.9 Å². The van der Waals surface area contributed by atoms with Crippen LogP contribution < -0.4 is 10.2 Å². The lowest BCUT2D eigenvalue weighted by atomic mass is 10.0. The van der Waals surface area contributed by atoms with Gasteiger partial charge in [0.15, 0.2) is 0 Å². The molecule has 0 unspecified atom stereocenters. The Kier molecular flexibility index (Phi) is 5.26. The molecular formula is C19H25N5O. The van der Waals surface area contributed by atoms with Crippen molar-refractivity contribution in [3.8, 4) is 0 Å². The van der Waals surface area contributed by atoms with Crippen molar-refractivity contribution in [1.82, 2.24) is 20.3 Å². The van der Waals surface area contributed by atoms with Crippen LogP contribution in [0.4, 0.5) is 5.82 Å². The lowest BCUT2D eigenvalue weighted by molar-refractivity contribution is -0.120. The smallest absolute Gasteiger partial charge is 0.220 e. The molecular weight excluding hydrogens is 314 g/mol. The Balaban J connectivity index is 1.84. The Bertz CT molecular complexity index is 761. The van der Waals surface area contributed by atoms with E-state index in [1.54, 1.807) is 7.05 Å². The molecule has 0 spiro atoms. The van der Waals surface area contributed by atoms with Crippen molar-refractivity contribution in [2.75, 3.05) is 18.5 Å². The van der Waals surface area contributed by atoms with E-state index in [0.29, 0.717) is 6.42 Å². The van der Waals surface area contributed by atoms with Crippen LogP contribution in [0.15, 0.2) is 24.4 Å². The van der Waals surface area contributed by atoms with Gasteiger partial charge in [0.1, 0.15) is 11.6 Å². The highest BCUT2D eigenvalue weighted by atomic mass is 16.1. The maximum Gasteiger partial charge on any atom is 0.220 e. The van der Waals surface area contributed by atoms with E-state index in [1.807, 2.05) is 26.1 Å². The summed E-state index contributed by atoms with van der Waals surface area (Å²) in [5, 5.41) is 2.68. The third-order valence-corrected chi connectivity index (χ3v) is 4.60. The van der Waals surface area contributed by atoms with E-state index in [2.05, 4.69) is 32.3 Å². The van der Waals surface area contributed by atoms with Gasteiger partial charge in [0.2, 0.25) is 5.91 Å². The summed E-state index contributed by atoms with van der Waals surface area (Å²) in [4.78, 5) is 27.4. The Morgan fingerprint density at radius 1 is 1.32 bits per heavy atom. The van der Waals surface area contributed by atoms with E-state index in [0.717, 1.165) is 54.4 Å². The van der Waals surface area contributed by atoms with Gasteiger partial charge in [-0.3, -0.25) is 9.78 Å². The second-order valence-electron chi connectivity index (χ2n) is 6.53. The van der Waals surface area contributed by atoms with Gasteiger partial charge in [-0.15, -0.1) is 0 Å². The van der Waals surface area contributed by atoms with Gasteiger partial charge in [-0.05, 0) is 56.9 Å². The van der Waals surface area contributed by atoms with Crippen LogP contribution in [0.2, 0.25) is 0 Å². The Morgan fingerprint density at radius 3 is 2.92 bits per heavy atom. The maximum absolute atomic E-state index is 11.5. The Labute approximate surface area is 148 Å². The zero-order valence-corrected chi connectivity index (χ0v) is 15.1. The summed E-state index contributed by atoms with van der Waals surface area (Å²) in [6.45, 7) is 4.90. The lowest BCUT2D eigenvalue weighted by Crippen LogP contribution is -2.25. The van der Waals surface area contributed by atoms with Crippen molar-refractivity contribution >= 4 is 11.7 Å². The molecule has 2 aromatic heterocycles. The first-order valence-corrected chi connectivity index (χ1v) is 8.81. The van der Waals surface area contributed by atoms with Crippen molar-refractivity contribution in [1.29, 1.82) is 0 Å². The lowest BCUT2D eigenvalue weighted by Gasteiger charge is -2.26. The molecule has 0 aliphatic carbocycles. The number of aromatic nitrogens is 3. The number of nitrogens with zero attached hydrogens (tertiary/aromatic N) is 4. The van der Waals surface area contributed by atoms with Crippen LogP contribution in [0.1, 0.15) is 48.1 Å². The van der Waals surface area contributed by atoms with Gasteiger partial charge in [-0.1, -0.05) is 0 Å². The van der Waals surface area contributed by atoms with Crippen LogP contribution in [0.5, 0.6) is 0 Å². The zero-order chi connectivity index (χ0) is 17.8. The Morgan fingerprint density at radius 2 is 2.16 bits per heavy atom. The van der Waals surface area contributed by atoms with E-state index < -0.39 is 0 Å². The predicted molar refractivity (Wildman–Crippen MR) is 97.5 cm³/mol. The zero-order valence-electron chi connectivity index (χ0n) is 15.1. The molecule has 1 fully saturated rings. The number of hydrogen-bond donors (Lipinski definition) is 1. The minimum atomic E-state index is 0.0648. The number of carbonyl (C=O) groups excluding carboxylic acids is 1. The van der Waals surface area contributed by atoms with Crippen LogP contribution in [0.3, 0.4) is 0 Å². The van der Waals surface area contributed by atoms with Crippen molar-refractivity contribution in [2.45, 2.75) is 45.6 Å². The molecule has 0 saturated carbocycles. The molecule has 6 heteroatoms. The van der Waals surface area contributed by atoms with Crippen LogP contribution in [-0.4, -0.2) is 34.5 Å². The summed E-state index contributed by atoms with van der Waals surface area (Å²) in [5.41, 5.74) is 3.23. The van der Waals surface area contributed by atoms with Gasteiger partial charge in [-0.2, -0.15) is 0 Å². The van der Waals surface area contributed by atoms with Crippen molar-refractivity contribution in [3.05, 3.63) is 47.2 Å². The van der Waals surface area contributed by atoms with Gasteiger partial charge in [-0.25, -0.2) is 9.97 Å². The van der Waals surface area contributed by atoms with E-state index in [9.17, 15) is 4.79 Å². The summed E-state index contributed by atoms with van der Waals surface area (Å²) in [6.07, 6.45) is 5.23. The molecule has 25 heavy (non-hydrogen) atoms. The molecule has 1 atom stereocenters. The highest BCUT2D eigenvalue weighted by Gasteiger charge is 2.28. The predicted octanol–water partition coefficient (Wildman–Crippen LogP) is 2.51. The second-order valence-corrected chi connectivity index (χ2v) is 6.53. The monoisotopic (exact) mass is 339 g/mol. The number of anilines is 1. The fourth-order valence-electron chi connectivity index (χ4n) is 3.42. The molecule has 132 valence electrons. The third-order valence-electron chi connectivity index (χ3n) is 4.60. The maximum atomic E-state index is 11.5. The molecule has 1 saturated heterocycles. The fourth-order valence-corrected chi connectivity index (χ4v) is 3.42. The van der Waals surface area contributed by atoms with E-state index in [-0.39, 0.29) is 11.9 Å². The van der Waals surface area contributed by atoms with Crippen LogP contribution >= 0.6 is 0 Å². The minimum absolute atomic E-state index is 0.0648. The van der Waals surface area contributed by atoms with Gasteiger partial charge < -0.3 is 10.2 Å². The molecule has 0 bridgehead atoms.